The van der Waals surface area contributed by atoms with Crippen LogP contribution in [0.15, 0.2) is 241 Å². The lowest BCUT2D eigenvalue weighted by Crippen LogP contribution is -2.10. The molecule has 0 unspecified atom stereocenters. The third-order valence-electron chi connectivity index (χ3n) is 13.2. The zero-order valence-corrected chi connectivity index (χ0v) is 34.9. The first-order valence-electron chi connectivity index (χ1n) is 22.0. The lowest BCUT2D eigenvalue weighted by molar-refractivity contribution is 0.673. The third kappa shape index (κ3) is 5.73. The summed E-state index contributed by atoms with van der Waals surface area (Å²) in [5.74, 6) is 0. The Morgan fingerprint density at radius 2 is 0.797 bits per heavy atom. The number of nitrogens with zero attached hydrogens (tertiary/aromatic N) is 1. The van der Waals surface area contributed by atoms with Crippen molar-refractivity contribution in [2.75, 3.05) is 4.90 Å². The summed E-state index contributed by atoms with van der Waals surface area (Å²) in [4.78, 5) is 2.42. The maximum Gasteiger partial charge on any atom is 0.143 e. The van der Waals surface area contributed by atoms with E-state index in [-0.39, 0.29) is 0 Å². The van der Waals surface area contributed by atoms with E-state index in [4.69, 9.17) is 4.42 Å². The van der Waals surface area contributed by atoms with E-state index in [1.54, 1.807) is 0 Å². The van der Waals surface area contributed by atoms with E-state index in [0.717, 1.165) is 55.5 Å². The molecule has 13 aromatic rings. The molecule has 0 aliphatic carbocycles. The normalized spacial score (nSPS) is 11.8. The molecule has 0 atom stereocenters. The van der Waals surface area contributed by atoms with E-state index in [2.05, 4.69) is 241 Å². The van der Waals surface area contributed by atoms with Gasteiger partial charge in [-0.2, -0.15) is 0 Å². The van der Waals surface area contributed by atoms with Gasteiger partial charge < -0.3 is 9.32 Å². The number of anilines is 3. The number of rotatable bonds is 6. The van der Waals surface area contributed by atoms with Gasteiger partial charge in [0.05, 0.1) is 0 Å². The molecule has 0 spiro atoms. The Balaban J connectivity index is 1.04. The molecule has 0 aliphatic heterocycles. The maximum atomic E-state index is 6.60. The van der Waals surface area contributed by atoms with Crippen molar-refractivity contribution >= 4 is 92.9 Å². The molecule has 0 fully saturated rings. The lowest BCUT2D eigenvalue weighted by atomic mass is 9.85. The van der Waals surface area contributed by atoms with Crippen LogP contribution in [0, 0.1) is 0 Å². The Labute approximate surface area is 370 Å². The van der Waals surface area contributed by atoms with Crippen molar-refractivity contribution in [3.63, 3.8) is 0 Å². The van der Waals surface area contributed by atoms with Crippen LogP contribution in [0.3, 0.4) is 0 Å². The molecule has 12 aromatic carbocycles. The highest BCUT2D eigenvalue weighted by atomic mass is 16.3. The molecule has 0 amide bonds. The number of fused-ring (bicyclic) bond motifs is 11. The summed E-state index contributed by atoms with van der Waals surface area (Å²) >= 11 is 0. The van der Waals surface area contributed by atoms with Gasteiger partial charge in [0, 0.05) is 33.2 Å². The molecular weight excluding hydrogens is 775 g/mol. The highest BCUT2D eigenvalue weighted by molar-refractivity contribution is 6.23. The molecule has 298 valence electrons. The summed E-state index contributed by atoms with van der Waals surface area (Å²) < 4.78 is 6.60. The molecule has 0 aliphatic rings. The van der Waals surface area contributed by atoms with Gasteiger partial charge in [0.2, 0.25) is 0 Å². The fourth-order valence-corrected chi connectivity index (χ4v) is 10.3. The summed E-state index contributed by atoms with van der Waals surface area (Å²) in [5, 5.41) is 14.4. The fraction of sp³-hybridized carbons (Fsp3) is 0. The number of hydrogen-bond donors (Lipinski definition) is 0. The highest BCUT2D eigenvalue weighted by Crippen LogP contribution is 2.48. The first kappa shape index (κ1) is 36.2. The Morgan fingerprint density at radius 3 is 1.55 bits per heavy atom. The second-order valence-electron chi connectivity index (χ2n) is 16.8. The average Bonchev–Trinajstić information content (AvgIpc) is 3.76. The minimum absolute atomic E-state index is 0.894. The lowest BCUT2D eigenvalue weighted by Gasteiger charge is -2.27. The molecule has 1 aromatic heterocycles. The molecule has 0 bridgehead atoms. The van der Waals surface area contributed by atoms with Crippen molar-refractivity contribution in [3.8, 4) is 33.4 Å². The molecule has 2 nitrogen and oxygen atoms in total. The quantitative estimate of drug-likeness (QED) is 0.156. The Morgan fingerprint density at radius 1 is 0.281 bits per heavy atom. The Hall–Kier alpha value is -8.46. The summed E-state index contributed by atoms with van der Waals surface area (Å²) in [6.07, 6.45) is 0. The topological polar surface area (TPSA) is 16.4 Å². The van der Waals surface area contributed by atoms with Gasteiger partial charge in [-0.05, 0) is 130 Å². The van der Waals surface area contributed by atoms with Crippen molar-refractivity contribution in [1.82, 2.24) is 0 Å². The Bertz CT molecular complexity index is 3940. The van der Waals surface area contributed by atoms with Gasteiger partial charge in [0.1, 0.15) is 11.2 Å². The van der Waals surface area contributed by atoms with E-state index in [0.29, 0.717) is 0 Å². The summed E-state index contributed by atoms with van der Waals surface area (Å²) in [7, 11) is 0. The molecule has 1 heterocycles. The molecule has 0 radical (unpaired) electrons. The Kier molecular flexibility index (Phi) is 8.25. The minimum Gasteiger partial charge on any atom is -0.455 e. The second-order valence-corrected chi connectivity index (χ2v) is 16.8. The van der Waals surface area contributed by atoms with Crippen LogP contribution >= 0.6 is 0 Å². The van der Waals surface area contributed by atoms with Gasteiger partial charge in [0.15, 0.2) is 0 Å². The van der Waals surface area contributed by atoms with E-state index in [9.17, 15) is 0 Å². The first-order valence-corrected chi connectivity index (χ1v) is 22.0. The minimum atomic E-state index is 0.894. The molecule has 64 heavy (non-hydrogen) atoms. The van der Waals surface area contributed by atoms with Crippen molar-refractivity contribution in [2.45, 2.75) is 0 Å². The van der Waals surface area contributed by atoms with Crippen LogP contribution in [-0.4, -0.2) is 0 Å². The van der Waals surface area contributed by atoms with Crippen LogP contribution in [0.1, 0.15) is 0 Å². The van der Waals surface area contributed by atoms with Crippen LogP contribution in [-0.2, 0) is 0 Å². The van der Waals surface area contributed by atoms with Crippen LogP contribution in [0.25, 0.3) is 109 Å². The van der Waals surface area contributed by atoms with Crippen LogP contribution in [0.2, 0.25) is 0 Å². The van der Waals surface area contributed by atoms with Gasteiger partial charge in [-0.25, -0.2) is 0 Å². The third-order valence-corrected chi connectivity index (χ3v) is 13.2. The number of hydrogen-bond acceptors (Lipinski definition) is 2. The SMILES string of the molecule is c1ccc(-c2c(-c3ccccc3)c3cc(N(c4ccc(-c5cccc6oc7c8ccccc8ccc7c56)cc4)c4ccc5c(ccc6ccccc65)c4)ccc3c3ccccc23)cc1. The monoisotopic (exact) mass is 813 g/mol. The molecule has 0 saturated carbocycles. The van der Waals surface area contributed by atoms with E-state index in [1.165, 1.54) is 70.7 Å². The van der Waals surface area contributed by atoms with Gasteiger partial charge in [-0.15, -0.1) is 0 Å². The summed E-state index contributed by atoms with van der Waals surface area (Å²) in [6, 6.07) is 86.1. The maximum absolute atomic E-state index is 6.60. The standard InChI is InChI=1S/C62H39NO/c1-3-16-43(17-4-1)59-55-23-12-11-22-53(55)54-37-34-48(39-57(54)60(59)44-18-5-2-6-19-44)63(47-33-36-50-45(38-47)27-26-40-14-7-9-20-49(40)50)46-31-28-42(29-32-46)51-24-13-25-58-61(51)56-35-30-41-15-8-10-21-52(41)62(56)64-58/h1-39H. The zero-order valence-electron chi connectivity index (χ0n) is 34.9. The largest absolute Gasteiger partial charge is 0.455 e. The molecular formula is C62H39NO. The van der Waals surface area contributed by atoms with Gasteiger partial charge in [-0.3, -0.25) is 0 Å². The summed E-state index contributed by atoms with van der Waals surface area (Å²) in [5.41, 5.74) is 12.2. The van der Waals surface area contributed by atoms with E-state index >= 15 is 0 Å². The van der Waals surface area contributed by atoms with Gasteiger partial charge in [-0.1, -0.05) is 188 Å². The average molecular weight is 814 g/mol. The summed E-state index contributed by atoms with van der Waals surface area (Å²) in [6.45, 7) is 0. The van der Waals surface area contributed by atoms with E-state index in [1.807, 2.05) is 0 Å². The predicted octanol–water partition coefficient (Wildman–Crippen LogP) is 17.8. The van der Waals surface area contributed by atoms with Crippen molar-refractivity contribution in [1.29, 1.82) is 0 Å². The molecule has 0 N–H and O–H groups in total. The first-order chi connectivity index (χ1) is 31.7. The van der Waals surface area contributed by atoms with Crippen LogP contribution < -0.4 is 4.90 Å². The van der Waals surface area contributed by atoms with Crippen molar-refractivity contribution < 1.29 is 4.42 Å². The smallest absolute Gasteiger partial charge is 0.143 e. The van der Waals surface area contributed by atoms with Crippen LogP contribution in [0.4, 0.5) is 17.1 Å². The van der Waals surface area contributed by atoms with Crippen molar-refractivity contribution in [2.24, 2.45) is 0 Å². The highest BCUT2D eigenvalue weighted by Gasteiger charge is 2.21. The zero-order chi connectivity index (χ0) is 42.1. The van der Waals surface area contributed by atoms with Crippen molar-refractivity contribution in [3.05, 3.63) is 237 Å². The molecule has 13 rings (SSSR count). The van der Waals surface area contributed by atoms with Gasteiger partial charge in [0.25, 0.3) is 0 Å². The van der Waals surface area contributed by atoms with E-state index < -0.39 is 0 Å². The fourth-order valence-electron chi connectivity index (χ4n) is 10.3. The second kappa shape index (κ2) is 14.6. The van der Waals surface area contributed by atoms with Gasteiger partial charge >= 0.3 is 0 Å². The molecule has 0 saturated heterocycles. The number of furan rings is 1. The number of benzene rings is 12. The van der Waals surface area contributed by atoms with Crippen LogP contribution in [0.5, 0.6) is 0 Å². The predicted molar refractivity (Wildman–Crippen MR) is 272 cm³/mol. The molecule has 2 heteroatoms.